The molecule has 2 aromatic carbocycles. The van der Waals surface area contributed by atoms with Crippen LogP contribution < -0.4 is 4.74 Å². The van der Waals surface area contributed by atoms with E-state index in [4.69, 9.17) is 4.74 Å². The number of benzene rings is 2. The van der Waals surface area contributed by atoms with E-state index in [-0.39, 0.29) is 5.92 Å². The highest BCUT2D eigenvalue weighted by molar-refractivity contribution is 6.47. The lowest BCUT2D eigenvalue weighted by atomic mass is 9.69. The summed E-state index contributed by atoms with van der Waals surface area (Å²) in [6, 6.07) is 13.1. The zero-order valence-electron chi connectivity index (χ0n) is 13.7. The van der Waals surface area contributed by atoms with Crippen LogP contribution in [0.25, 0.3) is 10.8 Å². The number of Topliss-reactive ketones (excluding diaryl/α,β-unsaturated/α-hetero) is 2. The van der Waals surface area contributed by atoms with Gasteiger partial charge in [0.25, 0.3) is 0 Å². The summed E-state index contributed by atoms with van der Waals surface area (Å²) in [5.74, 6) is -1.55. The summed E-state index contributed by atoms with van der Waals surface area (Å²) in [4.78, 5) is 37.6. The maximum Gasteiger partial charge on any atom is 0.326 e. The molecule has 4 heteroatoms. The number of esters is 1. The van der Waals surface area contributed by atoms with Gasteiger partial charge in [-0.15, -0.1) is 0 Å². The van der Waals surface area contributed by atoms with Gasteiger partial charge in [0.15, 0.2) is 0 Å². The normalized spacial score (nSPS) is 27.7. The number of carbonyl (C=O) groups excluding carboxylic acids is 3. The summed E-state index contributed by atoms with van der Waals surface area (Å²) in [7, 11) is 0. The maximum absolute atomic E-state index is 12.9. The fraction of sp³-hybridized carbons (Fsp3) is 0.350. The fourth-order valence-corrected chi connectivity index (χ4v) is 4.46. The molecule has 122 valence electrons. The molecule has 2 aliphatic carbocycles. The summed E-state index contributed by atoms with van der Waals surface area (Å²) in [6.45, 7) is 3.66. The first-order chi connectivity index (χ1) is 11.4. The van der Waals surface area contributed by atoms with Crippen LogP contribution in [-0.2, 0) is 14.4 Å². The molecule has 2 unspecified atom stereocenters. The molecule has 0 N–H and O–H groups in total. The molecule has 24 heavy (non-hydrogen) atoms. The molecular weight excluding hydrogens is 304 g/mol. The van der Waals surface area contributed by atoms with Gasteiger partial charge in [0, 0.05) is 5.92 Å². The third-order valence-electron chi connectivity index (χ3n) is 5.99. The largest absolute Gasteiger partial charge is 0.426 e. The van der Waals surface area contributed by atoms with Crippen molar-refractivity contribution < 1.29 is 19.1 Å². The summed E-state index contributed by atoms with van der Waals surface area (Å²) < 4.78 is 5.57. The minimum absolute atomic E-state index is 0.367. The molecule has 0 radical (unpaired) electrons. The Kier molecular flexibility index (Phi) is 2.99. The van der Waals surface area contributed by atoms with E-state index < -0.39 is 28.4 Å². The Morgan fingerprint density at radius 1 is 1.08 bits per heavy atom. The Morgan fingerprint density at radius 2 is 1.79 bits per heavy atom. The van der Waals surface area contributed by atoms with Crippen LogP contribution in [0.15, 0.2) is 42.5 Å². The lowest BCUT2D eigenvalue weighted by molar-refractivity contribution is -0.157. The van der Waals surface area contributed by atoms with Crippen molar-refractivity contribution in [2.24, 2.45) is 16.7 Å². The Morgan fingerprint density at radius 3 is 2.46 bits per heavy atom. The quantitative estimate of drug-likeness (QED) is 0.368. The minimum Gasteiger partial charge on any atom is -0.426 e. The molecule has 2 fully saturated rings. The molecule has 2 aliphatic rings. The predicted molar refractivity (Wildman–Crippen MR) is 88.5 cm³/mol. The van der Waals surface area contributed by atoms with Crippen molar-refractivity contribution in [1.29, 1.82) is 0 Å². The van der Waals surface area contributed by atoms with Gasteiger partial charge in [0.1, 0.15) is 11.2 Å². The smallest absolute Gasteiger partial charge is 0.326 e. The van der Waals surface area contributed by atoms with Gasteiger partial charge >= 0.3 is 5.97 Å². The summed E-state index contributed by atoms with van der Waals surface area (Å²) >= 11 is 0. The highest BCUT2D eigenvalue weighted by atomic mass is 16.5. The third-order valence-corrected chi connectivity index (χ3v) is 5.99. The number of rotatable bonds is 2. The fourth-order valence-electron chi connectivity index (χ4n) is 4.46. The second-order valence-electron chi connectivity index (χ2n) is 7.31. The number of hydrogen-bond acceptors (Lipinski definition) is 4. The highest BCUT2D eigenvalue weighted by Gasteiger charge is 2.73. The van der Waals surface area contributed by atoms with Gasteiger partial charge in [0.05, 0.1) is 0 Å². The second-order valence-corrected chi connectivity index (χ2v) is 7.31. The molecule has 2 bridgehead atoms. The van der Waals surface area contributed by atoms with Crippen molar-refractivity contribution >= 4 is 28.3 Å². The number of ketones is 2. The van der Waals surface area contributed by atoms with Crippen LogP contribution in [0.5, 0.6) is 5.75 Å². The molecule has 0 aromatic heterocycles. The molecule has 0 spiro atoms. The van der Waals surface area contributed by atoms with Crippen LogP contribution in [0.1, 0.15) is 26.7 Å². The van der Waals surface area contributed by atoms with Gasteiger partial charge in [-0.3, -0.25) is 14.4 Å². The molecule has 0 aliphatic heterocycles. The number of hydrogen-bond donors (Lipinski definition) is 0. The SMILES string of the molecule is CC1(C)C2CCC1(C(=O)Oc1ccc3ccccc3c1)C(=O)C2=O. The molecule has 4 rings (SSSR count). The molecule has 0 heterocycles. The molecule has 2 aromatic rings. The topological polar surface area (TPSA) is 60.4 Å². The van der Waals surface area contributed by atoms with Crippen LogP contribution in [-0.4, -0.2) is 17.5 Å². The first kappa shape index (κ1) is 15.1. The lowest BCUT2D eigenvalue weighted by Gasteiger charge is -2.32. The van der Waals surface area contributed by atoms with Crippen molar-refractivity contribution in [3.63, 3.8) is 0 Å². The van der Waals surface area contributed by atoms with E-state index in [2.05, 4.69) is 0 Å². The Hall–Kier alpha value is -2.49. The van der Waals surface area contributed by atoms with E-state index in [1.165, 1.54) is 0 Å². The van der Waals surface area contributed by atoms with E-state index in [1.54, 1.807) is 12.1 Å². The van der Waals surface area contributed by atoms with Crippen LogP contribution in [0.2, 0.25) is 0 Å². The average molecular weight is 322 g/mol. The summed E-state index contributed by atoms with van der Waals surface area (Å²) in [6.07, 6.45) is 0.964. The number of fused-ring (bicyclic) bond motifs is 3. The van der Waals surface area contributed by atoms with Crippen molar-refractivity contribution in [2.45, 2.75) is 26.7 Å². The van der Waals surface area contributed by atoms with Crippen LogP contribution in [0, 0.1) is 16.7 Å². The first-order valence-electron chi connectivity index (χ1n) is 8.18. The van der Waals surface area contributed by atoms with Crippen molar-refractivity contribution in [1.82, 2.24) is 0 Å². The Labute approximate surface area is 139 Å². The van der Waals surface area contributed by atoms with E-state index in [0.29, 0.717) is 18.6 Å². The van der Waals surface area contributed by atoms with Gasteiger partial charge in [0.2, 0.25) is 11.6 Å². The molecule has 0 amide bonds. The minimum atomic E-state index is -1.33. The van der Waals surface area contributed by atoms with E-state index >= 15 is 0 Å². The molecule has 2 atom stereocenters. The molecule has 2 saturated carbocycles. The zero-order chi connectivity index (χ0) is 17.1. The zero-order valence-corrected chi connectivity index (χ0v) is 13.7. The van der Waals surface area contributed by atoms with Gasteiger partial charge < -0.3 is 4.74 Å². The lowest BCUT2D eigenvalue weighted by Crippen LogP contribution is -2.46. The molecule has 0 saturated heterocycles. The van der Waals surface area contributed by atoms with Crippen LogP contribution in [0.3, 0.4) is 0 Å². The predicted octanol–water partition coefficient (Wildman–Crippen LogP) is 3.32. The summed E-state index contributed by atoms with van der Waals surface area (Å²) in [5, 5.41) is 2.00. The number of ether oxygens (including phenoxy) is 1. The highest BCUT2D eigenvalue weighted by Crippen LogP contribution is 2.62. The molecular formula is C20H18O4. The first-order valence-corrected chi connectivity index (χ1v) is 8.18. The van der Waals surface area contributed by atoms with E-state index in [0.717, 1.165) is 10.8 Å². The standard InChI is InChI=1S/C20H18O4/c1-19(2)15-9-10-20(19,17(22)16(15)21)18(23)24-14-8-7-12-5-3-4-6-13(12)11-14/h3-8,11,15H,9-10H2,1-2H3. The maximum atomic E-state index is 12.9. The van der Waals surface area contributed by atoms with Gasteiger partial charge in [-0.25, -0.2) is 0 Å². The molecule has 4 nitrogen and oxygen atoms in total. The van der Waals surface area contributed by atoms with Gasteiger partial charge in [-0.1, -0.05) is 44.2 Å². The summed E-state index contributed by atoms with van der Waals surface area (Å²) in [5.41, 5.74) is -2.02. The van der Waals surface area contributed by atoms with Gasteiger partial charge in [-0.2, -0.15) is 0 Å². The Balaban J connectivity index is 1.70. The van der Waals surface area contributed by atoms with Crippen molar-refractivity contribution in [3.8, 4) is 5.75 Å². The van der Waals surface area contributed by atoms with Crippen LogP contribution >= 0.6 is 0 Å². The van der Waals surface area contributed by atoms with E-state index in [1.807, 2.05) is 44.2 Å². The van der Waals surface area contributed by atoms with Crippen LogP contribution in [0.4, 0.5) is 0 Å². The third kappa shape index (κ3) is 1.71. The van der Waals surface area contributed by atoms with Gasteiger partial charge in [-0.05, 0) is 41.2 Å². The van der Waals surface area contributed by atoms with Crippen molar-refractivity contribution in [3.05, 3.63) is 42.5 Å². The second kappa shape index (κ2) is 4.76. The van der Waals surface area contributed by atoms with Crippen molar-refractivity contribution in [2.75, 3.05) is 0 Å². The number of carbonyl (C=O) groups is 3. The van der Waals surface area contributed by atoms with E-state index in [9.17, 15) is 14.4 Å². The average Bonchev–Trinajstić information content (AvgIpc) is 2.91. The monoisotopic (exact) mass is 322 g/mol. The Bertz CT molecular complexity index is 895.